The molecule has 10 nitrogen and oxygen atoms in total. The number of amides is 1. The van der Waals surface area contributed by atoms with Crippen LogP contribution >= 0.6 is 11.8 Å². The number of rotatable bonds is 8. The number of hydrogen-bond donors (Lipinski definition) is 2. The molecule has 3 aromatic carbocycles. The third kappa shape index (κ3) is 5.12. The molecule has 1 aliphatic heterocycles. The minimum Gasteiger partial charge on any atom is -0.497 e. The SMILES string of the molecule is COc1ccc(NS(=O)(=O)c2ccc3oc(SCC(=O)Nc4ccc5c(c4)OCO5)nc3c2)cc1. The topological polar surface area (TPSA) is 129 Å². The predicted molar refractivity (Wildman–Crippen MR) is 130 cm³/mol. The van der Waals surface area contributed by atoms with Crippen molar-refractivity contribution in [1.82, 2.24) is 4.98 Å². The molecule has 0 spiro atoms. The van der Waals surface area contributed by atoms with Gasteiger partial charge in [0.1, 0.15) is 11.3 Å². The first kappa shape index (κ1) is 22.9. The van der Waals surface area contributed by atoms with Gasteiger partial charge in [-0.2, -0.15) is 0 Å². The van der Waals surface area contributed by atoms with Crippen LogP contribution in [0.1, 0.15) is 0 Å². The molecule has 0 fully saturated rings. The number of ether oxygens (including phenoxy) is 3. The summed E-state index contributed by atoms with van der Waals surface area (Å²) >= 11 is 1.10. The van der Waals surface area contributed by atoms with Crippen molar-refractivity contribution in [3.05, 3.63) is 60.7 Å². The number of sulfonamides is 1. The van der Waals surface area contributed by atoms with E-state index in [4.69, 9.17) is 18.6 Å². The van der Waals surface area contributed by atoms with Gasteiger partial charge in [0.05, 0.1) is 17.8 Å². The van der Waals surface area contributed by atoms with E-state index in [0.29, 0.717) is 39.7 Å². The number of methoxy groups -OCH3 is 1. The molecule has 4 aromatic rings. The molecule has 0 atom stereocenters. The lowest BCUT2D eigenvalue weighted by molar-refractivity contribution is -0.113. The van der Waals surface area contributed by atoms with Crippen LogP contribution in [-0.2, 0) is 14.8 Å². The molecule has 0 bridgehead atoms. The molecule has 180 valence electrons. The molecule has 0 aliphatic carbocycles. The lowest BCUT2D eigenvalue weighted by atomic mass is 10.3. The number of thioether (sulfide) groups is 1. The van der Waals surface area contributed by atoms with Gasteiger partial charge in [-0.1, -0.05) is 11.8 Å². The first-order valence-electron chi connectivity index (χ1n) is 10.3. The van der Waals surface area contributed by atoms with Gasteiger partial charge in [-0.25, -0.2) is 13.4 Å². The number of fused-ring (bicyclic) bond motifs is 2. The molecule has 0 unspecified atom stereocenters. The van der Waals surface area contributed by atoms with Gasteiger partial charge in [0.25, 0.3) is 15.2 Å². The molecular formula is C23H19N3O7S2. The number of anilines is 2. The Morgan fingerprint density at radius 2 is 1.80 bits per heavy atom. The lowest BCUT2D eigenvalue weighted by Crippen LogP contribution is -2.13. The predicted octanol–water partition coefficient (Wildman–Crippen LogP) is 4.10. The summed E-state index contributed by atoms with van der Waals surface area (Å²) < 4.78 is 49.4. The highest BCUT2D eigenvalue weighted by Gasteiger charge is 2.18. The number of benzene rings is 3. The summed E-state index contributed by atoms with van der Waals surface area (Å²) in [5.74, 6) is 1.60. The van der Waals surface area contributed by atoms with Crippen LogP contribution in [0.4, 0.5) is 11.4 Å². The van der Waals surface area contributed by atoms with E-state index in [1.54, 1.807) is 42.5 Å². The average molecular weight is 514 g/mol. The molecule has 1 amide bonds. The van der Waals surface area contributed by atoms with Crippen molar-refractivity contribution in [2.24, 2.45) is 0 Å². The van der Waals surface area contributed by atoms with Crippen LogP contribution in [0.3, 0.4) is 0 Å². The molecule has 0 saturated heterocycles. The Morgan fingerprint density at radius 3 is 2.60 bits per heavy atom. The Labute approximate surface area is 204 Å². The maximum absolute atomic E-state index is 12.8. The maximum atomic E-state index is 12.8. The van der Waals surface area contributed by atoms with Gasteiger partial charge in [0.15, 0.2) is 17.1 Å². The first-order valence-corrected chi connectivity index (χ1v) is 12.8. The minimum atomic E-state index is -3.84. The molecule has 2 N–H and O–H groups in total. The largest absolute Gasteiger partial charge is 0.497 e. The molecule has 1 aromatic heterocycles. The van der Waals surface area contributed by atoms with Gasteiger partial charge in [0.2, 0.25) is 12.7 Å². The zero-order valence-electron chi connectivity index (χ0n) is 18.3. The summed E-state index contributed by atoms with van der Waals surface area (Å²) in [7, 11) is -2.31. The van der Waals surface area contributed by atoms with Gasteiger partial charge in [-0.15, -0.1) is 0 Å². The Hall–Kier alpha value is -3.90. The summed E-state index contributed by atoms with van der Waals surface area (Å²) in [5, 5.41) is 3.02. The van der Waals surface area contributed by atoms with Crippen molar-refractivity contribution in [2.45, 2.75) is 10.1 Å². The fraction of sp³-hybridized carbons (Fsp3) is 0.130. The zero-order valence-corrected chi connectivity index (χ0v) is 19.9. The van der Waals surface area contributed by atoms with Crippen molar-refractivity contribution in [3.8, 4) is 17.2 Å². The lowest BCUT2D eigenvalue weighted by Gasteiger charge is -2.08. The van der Waals surface area contributed by atoms with E-state index in [1.165, 1.54) is 25.3 Å². The number of carbonyl (C=O) groups excluding carboxylic acids is 1. The molecule has 5 rings (SSSR count). The highest BCUT2D eigenvalue weighted by Crippen LogP contribution is 2.34. The highest BCUT2D eigenvalue weighted by atomic mass is 32.2. The molecule has 35 heavy (non-hydrogen) atoms. The Balaban J connectivity index is 1.23. The quantitative estimate of drug-likeness (QED) is 0.335. The fourth-order valence-corrected chi connectivity index (χ4v) is 5.00. The molecule has 1 aliphatic rings. The van der Waals surface area contributed by atoms with E-state index in [2.05, 4.69) is 15.0 Å². The van der Waals surface area contributed by atoms with Crippen molar-refractivity contribution in [1.29, 1.82) is 0 Å². The van der Waals surface area contributed by atoms with Crippen molar-refractivity contribution in [2.75, 3.05) is 29.7 Å². The van der Waals surface area contributed by atoms with E-state index in [-0.39, 0.29) is 28.6 Å². The summed E-state index contributed by atoms with van der Waals surface area (Å²) in [6, 6.07) is 16.0. The van der Waals surface area contributed by atoms with Crippen molar-refractivity contribution >= 4 is 50.2 Å². The van der Waals surface area contributed by atoms with Gasteiger partial charge >= 0.3 is 0 Å². The zero-order chi connectivity index (χ0) is 24.4. The number of nitrogens with zero attached hydrogens (tertiary/aromatic N) is 1. The molecular weight excluding hydrogens is 494 g/mol. The smallest absolute Gasteiger partial charge is 0.261 e. The maximum Gasteiger partial charge on any atom is 0.261 e. The third-order valence-corrected chi connectivity index (χ3v) is 7.18. The fourth-order valence-electron chi connectivity index (χ4n) is 3.29. The number of nitrogens with one attached hydrogen (secondary N) is 2. The van der Waals surface area contributed by atoms with Crippen LogP contribution in [0.5, 0.6) is 17.2 Å². The molecule has 2 heterocycles. The van der Waals surface area contributed by atoms with Gasteiger partial charge in [0, 0.05) is 17.4 Å². The number of carbonyl (C=O) groups is 1. The highest BCUT2D eigenvalue weighted by molar-refractivity contribution is 7.99. The Morgan fingerprint density at radius 1 is 1.03 bits per heavy atom. The van der Waals surface area contributed by atoms with Gasteiger partial charge in [-0.3, -0.25) is 9.52 Å². The second-order valence-electron chi connectivity index (χ2n) is 7.35. The molecule has 0 radical (unpaired) electrons. The van der Waals surface area contributed by atoms with E-state index in [1.807, 2.05) is 0 Å². The van der Waals surface area contributed by atoms with Crippen molar-refractivity contribution in [3.63, 3.8) is 0 Å². The second kappa shape index (κ2) is 9.39. The number of aromatic nitrogens is 1. The van der Waals surface area contributed by atoms with Crippen molar-refractivity contribution < 1.29 is 31.8 Å². The summed E-state index contributed by atoms with van der Waals surface area (Å²) in [4.78, 5) is 16.7. The Bertz CT molecular complexity index is 1500. The number of hydrogen-bond acceptors (Lipinski definition) is 9. The molecule has 12 heteroatoms. The van der Waals surface area contributed by atoms with E-state index >= 15 is 0 Å². The van der Waals surface area contributed by atoms with E-state index < -0.39 is 10.0 Å². The van der Waals surface area contributed by atoms with Crippen LogP contribution in [0, 0.1) is 0 Å². The monoisotopic (exact) mass is 513 g/mol. The normalized spacial score (nSPS) is 12.5. The second-order valence-corrected chi connectivity index (χ2v) is 9.96. The van der Waals surface area contributed by atoms with Gasteiger partial charge < -0.3 is 23.9 Å². The standard InChI is InChI=1S/C23H19N3O7S2/c1-30-16-5-2-14(3-6-16)26-35(28,29)17-7-9-19-18(11-17)25-23(33-19)34-12-22(27)24-15-4-8-20-21(10-15)32-13-31-20/h2-11,26H,12-13H2,1H3,(H,24,27). The average Bonchev–Trinajstić information content (AvgIpc) is 3.48. The molecule has 0 saturated carbocycles. The van der Waals surface area contributed by atoms with E-state index in [0.717, 1.165) is 11.8 Å². The van der Waals surface area contributed by atoms with Crippen LogP contribution in [0.15, 0.2) is 75.2 Å². The van der Waals surface area contributed by atoms with Gasteiger partial charge in [-0.05, 0) is 54.6 Å². The number of oxazole rings is 1. The first-order chi connectivity index (χ1) is 16.9. The van der Waals surface area contributed by atoms with Crippen LogP contribution in [0.2, 0.25) is 0 Å². The van der Waals surface area contributed by atoms with Crippen LogP contribution in [0.25, 0.3) is 11.1 Å². The Kier molecular flexibility index (Phi) is 6.14. The van der Waals surface area contributed by atoms with Crippen LogP contribution in [-0.4, -0.2) is 39.0 Å². The summed E-state index contributed by atoms with van der Waals surface area (Å²) in [5.41, 5.74) is 1.75. The summed E-state index contributed by atoms with van der Waals surface area (Å²) in [6.45, 7) is 0.154. The van der Waals surface area contributed by atoms with Crippen LogP contribution < -0.4 is 24.2 Å². The van der Waals surface area contributed by atoms with E-state index in [9.17, 15) is 13.2 Å². The minimum absolute atomic E-state index is 0.0335. The summed E-state index contributed by atoms with van der Waals surface area (Å²) in [6.07, 6.45) is 0. The third-order valence-electron chi connectivity index (χ3n) is 4.98.